The van der Waals surface area contributed by atoms with Crippen LogP contribution in [-0.4, -0.2) is 41.6 Å². The van der Waals surface area contributed by atoms with Crippen LogP contribution in [0.3, 0.4) is 0 Å². The Hall–Kier alpha value is -0.0600. The third-order valence-electron chi connectivity index (χ3n) is 1.92. The van der Waals surface area contributed by atoms with Crippen molar-refractivity contribution in [1.29, 1.82) is 0 Å². The van der Waals surface area contributed by atoms with Gasteiger partial charge in [0.05, 0.1) is 5.88 Å². The summed E-state index contributed by atoms with van der Waals surface area (Å²) in [6, 6.07) is 0. The molecule has 3 nitrogen and oxygen atoms in total. The van der Waals surface area contributed by atoms with Crippen LogP contribution in [0.5, 0.6) is 0 Å². The van der Waals surface area contributed by atoms with Crippen LogP contribution in [-0.2, 0) is 4.79 Å². The van der Waals surface area contributed by atoms with E-state index >= 15 is 0 Å². The normalized spacial score (nSPS) is 21.9. The number of carbonyl (C=O) groups is 1. The fourth-order valence-corrected chi connectivity index (χ4v) is 1.79. The minimum absolute atomic E-state index is 0.806. The van der Waals surface area contributed by atoms with Gasteiger partial charge in [0.1, 0.15) is 0 Å². The average molecular weight is 174 g/mol. The molecule has 1 rings (SSSR count). The Labute approximate surface area is 71.7 Å². The topological polar surface area (TPSA) is 23.6 Å². The van der Waals surface area contributed by atoms with Crippen LogP contribution >= 0.6 is 11.8 Å². The molecule has 1 heterocycles. The van der Waals surface area contributed by atoms with Crippen LogP contribution < -0.4 is 0 Å². The molecule has 0 aromatic heterocycles. The zero-order valence-electron chi connectivity index (χ0n) is 6.82. The van der Waals surface area contributed by atoms with Crippen molar-refractivity contribution in [3.05, 3.63) is 0 Å². The first-order valence-electron chi connectivity index (χ1n) is 3.86. The maximum absolute atomic E-state index is 10.1. The Kier molecular flexibility index (Phi) is 3.90. The summed E-state index contributed by atoms with van der Waals surface area (Å²) >= 11 is 1.32. The minimum atomic E-state index is 0.806. The fraction of sp³-hybridized carbons (Fsp3) is 0.857. The van der Waals surface area contributed by atoms with E-state index in [1.54, 1.807) is 0 Å². The van der Waals surface area contributed by atoms with Gasteiger partial charge in [-0.25, -0.2) is 10.0 Å². The maximum Gasteiger partial charge on any atom is 0.177 e. The molecule has 0 N–H and O–H groups in total. The van der Waals surface area contributed by atoms with Gasteiger partial charge in [0.15, 0.2) is 5.62 Å². The SMILES string of the molecule is CN1CCCCN1CSC=O. The second kappa shape index (κ2) is 4.74. The number of rotatable bonds is 3. The summed E-state index contributed by atoms with van der Waals surface area (Å²) in [6.07, 6.45) is 2.53. The van der Waals surface area contributed by atoms with Crippen molar-refractivity contribution >= 4 is 17.4 Å². The lowest BCUT2D eigenvalue weighted by Gasteiger charge is -2.35. The molecule has 11 heavy (non-hydrogen) atoms. The molecular formula is C7H14N2OS. The highest BCUT2D eigenvalue weighted by Crippen LogP contribution is 2.10. The molecule has 0 aromatic rings. The second-order valence-electron chi connectivity index (χ2n) is 2.71. The summed E-state index contributed by atoms with van der Waals surface area (Å²) in [5.41, 5.74) is 0.905. The summed E-state index contributed by atoms with van der Waals surface area (Å²) in [5.74, 6) is 0.806. The number of carbonyl (C=O) groups excluding carboxylic acids is 1. The summed E-state index contributed by atoms with van der Waals surface area (Å²) in [6.45, 7) is 2.22. The van der Waals surface area contributed by atoms with E-state index in [1.807, 2.05) is 0 Å². The van der Waals surface area contributed by atoms with Crippen LogP contribution in [0.15, 0.2) is 0 Å². The number of nitrogens with zero attached hydrogens (tertiary/aromatic N) is 2. The lowest BCUT2D eigenvalue weighted by Crippen LogP contribution is -2.44. The predicted molar refractivity (Wildman–Crippen MR) is 47.8 cm³/mol. The highest BCUT2D eigenvalue weighted by atomic mass is 32.2. The molecule has 64 valence electrons. The van der Waals surface area contributed by atoms with Crippen molar-refractivity contribution in [1.82, 2.24) is 10.0 Å². The highest BCUT2D eigenvalue weighted by molar-refractivity contribution is 8.11. The van der Waals surface area contributed by atoms with Crippen LogP contribution in [0.2, 0.25) is 0 Å². The van der Waals surface area contributed by atoms with E-state index in [0.717, 1.165) is 24.6 Å². The molecule has 1 saturated heterocycles. The number of thioether (sulfide) groups is 1. The summed E-state index contributed by atoms with van der Waals surface area (Å²) in [4.78, 5) is 10.1. The van der Waals surface area contributed by atoms with Crippen LogP contribution in [0.4, 0.5) is 0 Å². The monoisotopic (exact) mass is 174 g/mol. The molecule has 0 aromatic carbocycles. The maximum atomic E-state index is 10.1. The van der Waals surface area contributed by atoms with E-state index in [0.29, 0.717) is 0 Å². The first kappa shape index (κ1) is 9.03. The van der Waals surface area contributed by atoms with Crippen molar-refractivity contribution in [3.8, 4) is 0 Å². The van der Waals surface area contributed by atoms with Gasteiger partial charge in [-0.3, -0.25) is 4.79 Å². The summed E-state index contributed by atoms with van der Waals surface area (Å²) in [7, 11) is 2.07. The largest absolute Gasteiger partial charge is 0.291 e. The van der Waals surface area contributed by atoms with E-state index in [2.05, 4.69) is 17.1 Å². The van der Waals surface area contributed by atoms with Gasteiger partial charge in [0, 0.05) is 20.1 Å². The van der Waals surface area contributed by atoms with Crippen LogP contribution in [0.25, 0.3) is 0 Å². The van der Waals surface area contributed by atoms with Crippen molar-refractivity contribution in [2.24, 2.45) is 0 Å². The van der Waals surface area contributed by atoms with E-state index in [1.165, 1.54) is 24.6 Å². The summed E-state index contributed by atoms with van der Waals surface area (Å²) in [5, 5.41) is 4.41. The van der Waals surface area contributed by atoms with Crippen molar-refractivity contribution in [3.63, 3.8) is 0 Å². The van der Waals surface area contributed by atoms with E-state index in [-0.39, 0.29) is 0 Å². The van der Waals surface area contributed by atoms with Crippen LogP contribution in [0.1, 0.15) is 12.8 Å². The predicted octanol–water partition coefficient (Wildman–Crippen LogP) is 0.810. The molecule has 1 aliphatic heterocycles. The summed E-state index contributed by atoms with van der Waals surface area (Å²) < 4.78 is 0. The molecular weight excluding hydrogens is 160 g/mol. The molecule has 0 unspecified atom stereocenters. The third-order valence-corrected chi connectivity index (χ3v) is 2.51. The van der Waals surface area contributed by atoms with Crippen molar-refractivity contribution in [2.45, 2.75) is 12.8 Å². The molecule has 4 heteroatoms. The third kappa shape index (κ3) is 2.81. The quantitative estimate of drug-likeness (QED) is 0.591. The first-order valence-corrected chi connectivity index (χ1v) is 4.90. The lowest BCUT2D eigenvalue weighted by atomic mass is 10.2. The minimum Gasteiger partial charge on any atom is -0.291 e. The molecule has 0 atom stereocenters. The second-order valence-corrected chi connectivity index (χ2v) is 3.49. The molecule has 1 aliphatic rings. The Balaban J connectivity index is 2.23. The van der Waals surface area contributed by atoms with Gasteiger partial charge in [0.2, 0.25) is 0 Å². The van der Waals surface area contributed by atoms with Gasteiger partial charge in [-0.15, -0.1) is 0 Å². The van der Waals surface area contributed by atoms with Crippen LogP contribution in [0, 0.1) is 0 Å². The molecule has 0 radical (unpaired) electrons. The number of hydrazine groups is 1. The van der Waals surface area contributed by atoms with Gasteiger partial charge in [-0.05, 0) is 12.8 Å². The zero-order chi connectivity index (χ0) is 8.10. The van der Waals surface area contributed by atoms with Gasteiger partial charge in [-0.2, -0.15) is 0 Å². The number of hydrogen-bond donors (Lipinski definition) is 0. The lowest BCUT2D eigenvalue weighted by molar-refractivity contribution is -0.00754. The number of hydrogen-bond acceptors (Lipinski definition) is 4. The molecule has 0 aliphatic carbocycles. The molecule has 0 amide bonds. The smallest absolute Gasteiger partial charge is 0.177 e. The Bertz CT molecular complexity index is 132. The van der Waals surface area contributed by atoms with Crippen molar-refractivity contribution in [2.75, 3.05) is 26.0 Å². The molecule has 0 saturated carbocycles. The van der Waals surface area contributed by atoms with Gasteiger partial charge in [0.25, 0.3) is 0 Å². The van der Waals surface area contributed by atoms with E-state index in [4.69, 9.17) is 0 Å². The Morgan fingerprint density at radius 1 is 1.45 bits per heavy atom. The molecule has 0 spiro atoms. The Morgan fingerprint density at radius 2 is 2.18 bits per heavy atom. The standard InChI is InChI=1S/C7H14N2OS/c1-8-4-2-3-5-9(8)6-11-7-10/h7H,2-6H2,1H3. The van der Waals surface area contributed by atoms with E-state index in [9.17, 15) is 4.79 Å². The molecule has 0 bridgehead atoms. The molecule has 1 fully saturated rings. The van der Waals surface area contributed by atoms with Crippen molar-refractivity contribution < 1.29 is 4.79 Å². The van der Waals surface area contributed by atoms with Gasteiger partial charge in [-0.1, -0.05) is 11.8 Å². The highest BCUT2D eigenvalue weighted by Gasteiger charge is 2.14. The zero-order valence-corrected chi connectivity index (χ0v) is 7.64. The average Bonchev–Trinajstić information content (AvgIpc) is 2.03. The Morgan fingerprint density at radius 3 is 2.82 bits per heavy atom. The fourth-order valence-electron chi connectivity index (χ4n) is 1.23. The first-order chi connectivity index (χ1) is 5.34. The van der Waals surface area contributed by atoms with Gasteiger partial charge < -0.3 is 0 Å². The van der Waals surface area contributed by atoms with Gasteiger partial charge >= 0.3 is 0 Å². The van der Waals surface area contributed by atoms with E-state index < -0.39 is 0 Å².